The van der Waals surface area contributed by atoms with Gasteiger partial charge in [-0.05, 0) is 28.1 Å². The molecular formula is C11H14BrN3O2. The van der Waals surface area contributed by atoms with Crippen LogP contribution in [0, 0.1) is 0 Å². The summed E-state index contributed by atoms with van der Waals surface area (Å²) in [5, 5.41) is 9.93. The molecule has 1 aliphatic heterocycles. The van der Waals surface area contributed by atoms with Crippen molar-refractivity contribution in [3.05, 3.63) is 22.8 Å². The molecule has 3 N–H and O–H groups in total. The van der Waals surface area contributed by atoms with E-state index in [9.17, 15) is 9.90 Å². The standard InChI is InChI=1S/C11H14BrN3O2/c12-8-1-2-9(14-7-8)15-5-3-11(17,4-6-15)10(13)16/h1-2,7,17H,3-6H2,(H2,13,16). The number of piperidine rings is 1. The number of hydrogen-bond donors (Lipinski definition) is 2. The van der Waals surface area contributed by atoms with Gasteiger partial charge in [-0.15, -0.1) is 0 Å². The van der Waals surface area contributed by atoms with Crippen LogP contribution in [0.1, 0.15) is 12.8 Å². The monoisotopic (exact) mass is 299 g/mol. The first-order valence-electron chi connectivity index (χ1n) is 5.40. The molecule has 0 atom stereocenters. The Morgan fingerprint density at radius 2 is 2.12 bits per heavy atom. The number of nitrogens with two attached hydrogens (primary N) is 1. The molecule has 0 saturated carbocycles. The van der Waals surface area contributed by atoms with Crippen LogP contribution in [-0.4, -0.2) is 34.7 Å². The van der Waals surface area contributed by atoms with Crippen LogP contribution in [-0.2, 0) is 4.79 Å². The number of aliphatic hydroxyl groups is 1. The lowest BCUT2D eigenvalue weighted by atomic mass is 9.91. The van der Waals surface area contributed by atoms with Gasteiger partial charge in [0.1, 0.15) is 11.4 Å². The Morgan fingerprint density at radius 1 is 1.47 bits per heavy atom. The van der Waals surface area contributed by atoms with Gasteiger partial charge in [-0.1, -0.05) is 0 Å². The molecule has 1 aromatic heterocycles. The van der Waals surface area contributed by atoms with Crippen LogP contribution in [0.15, 0.2) is 22.8 Å². The van der Waals surface area contributed by atoms with Crippen LogP contribution in [0.25, 0.3) is 0 Å². The van der Waals surface area contributed by atoms with Gasteiger partial charge in [-0.25, -0.2) is 4.98 Å². The third kappa shape index (κ3) is 2.58. The maximum absolute atomic E-state index is 11.1. The minimum atomic E-state index is -1.36. The molecule has 1 saturated heterocycles. The number of pyridine rings is 1. The molecule has 2 rings (SSSR count). The molecular weight excluding hydrogens is 286 g/mol. The average Bonchev–Trinajstić information content (AvgIpc) is 2.31. The fourth-order valence-corrected chi connectivity index (χ4v) is 2.14. The Hall–Kier alpha value is -1.14. The van der Waals surface area contributed by atoms with Crippen LogP contribution in [0.2, 0.25) is 0 Å². The van der Waals surface area contributed by atoms with Gasteiger partial charge in [-0.2, -0.15) is 0 Å². The Kier molecular flexibility index (Phi) is 3.35. The minimum Gasteiger partial charge on any atom is -0.380 e. The number of aromatic nitrogens is 1. The molecule has 0 unspecified atom stereocenters. The number of halogens is 1. The number of carbonyl (C=O) groups is 1. The van der Waals surface area contributed by atoms with Crippen molar-refractivity contribution < 1.29 is 9.90 Å². The van der Waals surface area contributed by atoms with Crippen molar-refractivity contribution >= 4 is 27.7 Å². The molecule has 17 heavy (non-hydrogen) atoms. The Balaban J connectivity index is 2.04. The average molecular weight is 300 g/mol. The third-order valence-corrected chi connectivity index (χ3v) is 3.55. The fraction of sp³-hybridized carbons (Fsp3) is 0.455. The second kappa shape index (κ2) is 4.62. The molecule has 1 fully saturated rings. The summed E-state index contributed by atoms with van der Waals surface area (Å²) in [6.07, 6.45) is 2.42. The SMILES string of the molecule is NC(=O)C1(O)CCN(c2ccc(Br)cn2)CC1. The van der Waals surface area contributed by atoms with Crippen molar-refractivity contribution in [3.8, 4) is 0 Å². The minimum absolute atomic E-state index is 0.347. The molecule has 92 valence electrons. The van der Waals surface area contributed by atoms with Crippen molar-refractivity contribution in [3.63, 3.8) is 0 Å². The summed E-state index contributed by atoms with van der Waals surface area (Å²) in [6.45, 7) is 1.15. The summed E-state index contributed by atoms with van der Waals surface area (Å²) in [6, 6.07) is 3.82. The van der Waals surface area contributed by atoms with Crippen LogP contribution >= 0.6 is 15.9 Å². The van der Waals surface area contributed by atoms with Crippen LogP contribution in [0.3, 0.4) is 0 Å². The van der Waals surface area contributed by atoms with Gasteiger partial charge in [-0.3, -0.25) is 4.79 Å². The van der Waals surface area contributed by atoms with Crippen molar-refractivity contribution in [2.45, 2.75) is 18.4 Å². The normalized spacial score (nSPS) is 19.1. The Bertz CT molecular complexity index is 413. The lowest BCUT2D eigenvalue weighted by Gasteiger charge is -2.36. The van der Waals surface area contributed by atoms with Gasteiger partial charge in [0.05, 0.1) is 0 Å². The maximum atomic E-state index is 11.1. The van der Waals surface area contributed by atoms with E-state index in [2.05, 4.69) is 20.9 Å². The zero-order valence-electron chi connectivity index (χ0n) is 9.27. The molecule has 1 aliphatic rings. The Labute approximate surface area is 108 Å². The van der Waals surface area contributed by atoms with E-state index in [0.29, 0.717) is 25.9 Å². The van der Waals surface area contributed by atoms with E-state index in [0.717, 1.165) is 10.3 Å². The first-order valence-corrected chi connectivity index (χ1v) is 6.19. The van der Waals surface area contributed by atoms with Crippen LogP contribution in [0.4, 0.5) is 5.82 Å². The highest BCUT2D eigenvalue weighted by atomic mass is 79.9. The maximum Gasteiger partial charge on any atom is 0.249 e. The topological polar surface area (TPSA) is 79.5 Å². The van der Waals surface area contributed by atoms with Crippen LogP contribution < -0.4 is 10.6 Å². The molecule has 0 aliphatic carbocycles. The summed E-state index contributed by atoms with van der Waals surface area (Å²) in [5.74, 6) is 0.209. The zero-order valence-corrected chi connectivity index (χ0v) is 10.9. The predicted octanol–water partition coefficient (Wildman–Crippen LogP) is 0.661. The van der Waals surface area contributed by atoms with Crippen molar-refractivity contribution in [1.29, 1.82) is 0 Å². The van der Waals surface area contributed by atoms with E-state index in [1.807, 2.05) is 17.0 Å². The number of amides is 1. The largest absolute Gasteiger partial charge is 0.380 e. The van der Waals surface area contributed by atoms with E-state index >= 15 is 0 Å². The Morgan fingerprint density at radius 3 is 2.59 bits per heavy atom. The molecule has 2 heterocycles. The second-order valence-electron chi connectivity index (χ2n) is 4.22. The highest BCUT2D eigenvalue weighted by molar-refractivity contribution is 9.10. The van der Waals surface area contributed by atoms with E-state index in [-0.39, 0.29) is 0 Å². The summed E-state index contributed by atoms with van der Waals surface area (Å²) < 4.78 is 0.923. The highest BCUT2D eigenvalue weighted by Gasteiger charge is 2.37. The lowest BCUT2D eigenvalue weighted by Crippen LogP contribution is -2.52. The molecule has 1 amide bonds. The smallest absolute Gasteiger partial charge is 0.249 e. The number of primary amides is 1. The number of rotatable bonds is 2. The molecule has 0 radical (unpaired) electrons. The zero-order chi connectivity index (χ0) is 12.5. The number of anilines is 1. The number of nitrogens with zero attached hydrogens (tertiary/aromatic N) is 2. The second-order valence-corrected chi connectivity index (χ2v) is 5.13. The predicted molar refractivity (Wildman–Crippen MR) is 67.5 cm³/mol. The van der Waals surface area contributed by atoms with Crippen LogP contribution in [0.5, 0.6) is 0 Å². The first-order chi connectivity index (χ1) is 8.01. The van der Waals surface area contributed by atoms with Gasteiger partial charge >= 0.3 is 0 Å². The molecule has 0 spiro atoms. The molecule has 6 heteroatoms. The van der Waals surface area contributed by atoms with Crippen molar-refractivity contribution in [1.82, 2.24) is 4.98 Å². The number of hydrogen-bond acceptors (Lipinski definition) is 4. The van der Waals surface area contributed by atoms with E-state index in [1.165, 1.54) is 0 Å². The highest BCUT2D eigenvalue weighted by Crippen LogP contribution is 2.25. The van der Waals surface area contributed by atoms with E-state index in [4.69, 9.17) is 5.73 Å². The van der Waals surface area contributed by atoms with Crippen molar-refractivity contribution in [2.24, 2.45) is 5.73 Å². The van der Waals surface area contributed by atoms with Gasteiger partial charge in [0, 0.05) is 36.6 Å². The van der Waals surface area contributed by atoms with Gasteiger partial charge in [0.2, 0.25) is 5.91 Å². The lowest BCUT2D eigenvalue weighted by molar-refractivity contribution is -0.138. The fourth-order valence-electron chi connectivity index (χ4n) is 1.91. The molecule has 0 aromatic carbocycles. The summed E-state index contributed by atoms with van der Waals surface area (Å²) in [7, 11) is 0. The molecule has 1 aromatic rings. The summed E-state index contributed by atoms with van der Waals surface area (Å²) >= 11 is 3.32. The van der Waals surface area contributed by atoms with Crippen molar-refractivity contribution in [2.75, 3.05) is 18.0 Å². The number of carbonyl (C=O) groups excluding carboxylic acids is 1. The quantitative estimate of drug-likeness (QED) is 0.841. The molecule has 5 nitrogen and oxygen atoms in total. The van der Waals surface area contributed by atoms with Gasteiger partial charge in [0.15, 0.2) is 0 Å². The van der Waals surface area contributed by atoms with E-state index in [1.54, 1.807) is 6.20 Å². The molecule has 0 bridgehead atoms. The first kappa shape index (κ1) is 12.3. The summed E-state index contributed by atoms with van der Waals surface area (Å²) in [5.41, 5.74) is 3.82. The van der Waals surface area contributed by atoms with Gasteiger partial charge < -0.3 is 15.7 Å². The van der Waals surface area contributed by atoms with Gasteiger partial charge in [0.25, 0.3) is 0 Å². The van der Waals surface area contributed by atoms with E-state index < -0.39 is 11.5 Å². The third-order valence-electron chi connectivity index (χ3n) is 3.09. The summed E-state index contributed by atoms with van der Waals surface area (Å²) in [4.78, 5) is 17.4.